The fourth-order valence-electron chi connectivity index (χ4n) is 1.91. The van der Waals surface area contributed by atoms with Crippen molar-refractivity contribution in [3.8, 4) is 0 Å². The van der Waals surface area contributed by atoms with E-state index in [0.717, 1.165) is 5.56 Å². The van der Waals surface area contributed by atoms with Crippen LogP contribution in [0, 0.1) is 0 Å². The Labute approximate surface area is 138 Å². The summed E-state index contributed by atoms with van der Waals surface area (Å²) in [5, 5.41) is 7.76. The summed E-state index contributed by atoms with van der Waals surface area (Å²) < 4.78 is 4.86. The number of rotatable bonds is 8. The molecule has 0 spiro atoms. The number of carbonyl (C=O) groups excluding carboxylic acids is 2. The van der Waals surface area contributed by atoms with Crippen LogP contribution in [-0.2, 0) is 27.2 Å². The van der Waals surface area contributed by atoms with E-state index < -0.39 is 0 Å². The van der Waals surface area contributed by atoms with Gasteiger partial charge in [0.25, 0.3) is 0 Å². The maximum Gasteiger partial charge on any atom is 0.230 e. The van der Waals surface area contributed by atoms with Gasteiger partial charge in [-0.05, 0) is 5.56 Å². The number of ether oxygens (including phenoxy) is 1. The second-order valence-corrected chi connectivity index (χ2v) is 5.73. The number of anilines is 1. The standard InChI is InChI=1S/C16H19N3O3S/c1-22-8-7-17-14(20)10-13-11-23-16(18-13)19-15(21)9-12-5-3-2-4-6-12/h2-6,11H,7-10H2,1H3,(H,17,20)(H,18,19,21). The van der Waals surface area contributed by atoms with Crippen LogP contribution in [0.1, 0.15) is 11.3 Å². The minimum atomic E-state index is -0.123. The topological polar surface area (TPSA) is 80.3 Å². The Balaban J connectivity index is 1.80. The molecule has 1 heterocycles. The molecule has 2 rings (SSSR count). The van der Waals surface area contributed by atoms with Crippen molar-refractivity contribution in [2.75, 3.05) is 25.6 Å². The van der Waals surface area contributed by atoms with Gasteiger partial charge in [-0.15, -0.1) is 11.3 Å². The van der Waals surface area contributed by atoms with Crippen LogP contribution in [0.3, 0.4) is 0 Å². The van der Waals surface area contributed by atoms with E-state index in [0.29, 0.717) is 30.4 Å². The molecular formula is C16H19N3O3S. The van der Waals surface area contributed by atoms with Crippen molar-refractivity contribution in [3.05, 3.63) is 47.0 Å². The van der Waals surface area contributed by atoms with E-state index in [9.17, 15) is 9.59 Å². The summed E-state index contributed by atoms with van der Waals surface area (Å²) >= 11 is 1.31. The highest BCUT2D eigenvalue weighted by molar-refractivity contribution is 7.13. The molecule has 0 bridgehead atoms. The molecule has 23 heavy (non-hydrogen) atoms. The van der Waals surface area contributed by atoms with Gasteiger partial charge in [-0.3, -0.25) is 9.59 Å². The van der Waals surface area contributed by atoms with Crippen LogP contribution in [0.4, 0.5) is 5.13 Å². The molecule has 0 atom stereocenters. The Bertz CT molecular complexity index is 643. The molecular weight excluding hydrogens is 314 g/mol. The molecule has 0 radical (unpaired) electrons. The van der Waals surface area contributed by atoms with Gasteiger partial charge in [0.05, 0.1) is 25.1 Å². The van der Waals surface area contributed by atoms with Crippen molar-refractivity contribution in [2.24, 2.45) is 0 Å². The summed E-state index contributed by atoms with van der Waals surface area (Å²) in [5.41, 5.74) is 1.58. The SMILES string of the molecule is COCCNC(=O)Cc1csc(NC(=O)Cc2ccccc2)n1. The summed E-state index contributed by atoms with van der Waals surface area (Å²) in [5.74, 6) is -0.240. The van der Waals surface area contributed by atoms with Crippen molar-refractivity contribution in [3.63, 3.8) is 0 Å². The first kappa shape index (κ1) is 17.1. The number of nitrogens with one attached hydrogen (secondary N) is 2. The van der Waals surface area contributed by atoms with Gasteiger partial charge < -0.3 is 15.4 Å². The summed E-state index contributed by atoms with van der Waals surface area (Å²) in [6.45, 7) is 0.948. The number of hydrogen-bond acceptors (Lipinski definition) is 5. The largest absolute Gasteiger partial charge is 0.383 e. The zero-order chi connectivity index (χ0) is 16.5. The Morgan fingerprint density at radius 1 is 1.17 bits per heavy atom. The van der Waals surface area contributed by atoms with Gasteiger partial charge >= 0.3 is 0 Å². The number of thiazole rings is 1. The second kappa shape index (κ2) is 9.02. The molecule has 0 saturated heterocycles. The van der Waals surface area contributed by atoms with E-state index in [1.807, 2.05) is 30.3 Å². The van der Waals surface area contributed by atoms with E-state index in [1.165, 1.54) is 11.3 Å². The molecule has 2 N–H and O–H groups in total. The quantitative estimate of drug-likeness (QED) is 0.720. The molecule has 0 fully saturated rings. The third-order valence-electron chi connectivity index (χ3n) is 2.98. The average molecular weight is 333 g/mol. The predicted molar refractivity (Wildman–Crippen MR) is 89.5 cm³/mol. The van der Waals surface area contributed by atoms with Crippen LogP contribution < -0.4 is 10.6 Å². The van der Waals surface area contributed by atoms with E-state index in [2.05, 4.69) is 15.6 Å². The van der Waals surface area contributed by atoms with Crippen LogP contribution in [0.2, 0.25) is 0 Å². The van der Waals surface area contributed by atoms with Gasteiger partial charge in [0.15, 0.2) is 5.13 Å². The molecule has 7 heteroatoms. The molecule has 0 saturated carbocycles. The number of amides is 2. The van der Waals surface area contributed by atoms with Crippen LogP contribution in [0.15, 0.2) is 35.7 Å². The first-order chi connectivity index (χ1) is 11.2. The van der Waals surface area contributed by atoms with Crippen molar-refractivity contribution in [2.45, 2.75) is 12.8 Å². The summed E-state index contributed by atoms with van der Waals surface area (Å²) in [4.78, 5) is 27.9. The fourth-order valence-corrected chi connectivity index (χ4v) is 2.64. The average Bonchev–Trinajstić information content (AvgIpc) is 2.95. The number of aromatic nitrogens is 1. The van der Waals surface area contributed by atoms with E-state index >= 15 is 0 Å². The molecule has 122 valence electrons. The lowest BCUT2D eigenvalue weighted by Gasteiger charge is -2.03. The van der Waals surface area contributed by atoms with Gasteiger partial charge in [-0.25, -0.2) is 4.98 Å². The second-order valence-electron chi connectivity index (χ2n) is 4.87. The van der Waals surface area contributed by atoms with Gasteiger partial charge in [0.1, 0.15) is 0 Å². The van der Waals surface area contributed by atoms with Gasteiger partial charge in [-0.1, -0.05) is 30.3 Å². The third-order valence-corrected chi connectivity index (χ3v) is 3.78. The van der Waals surface area contributed by atoms with Crippen molar-refractivity contribution >= 4 is 28.3 Å². The highest BCUT2D eigenvalue weighted by Gasteiger charge is 2.10. The monoisotopic (exact) mass is 333 g/mol. The normalized spacial score (nSPS) is 10.3. The fraction of sp³-hybridized carbons (Fsp3) is 0.312. The molecule has 1 aromatic carbocycles. The smallest absolute Gasteiger partial charge is 0.230 e. The highest BCUT2D eigenvalue weighted by atomic mass is 32.1. The Morgan fingerprint density at radius 2 is 1.96 bits per heavy atom. The number of benzene rings is 1. The minimum absolute atomic E-state index is 0.116. The van der Waals surface area contributed by atoms with Crippen LogP contribution in [0.5, 0.6) is 0 Å². The molecule has 2 amide bonds. The number of hydrogen-bond donors (Lipinski definition) is 2. The van der Waals surface area contributed by atoms with Gasteiger partial charge in [0.2, 0.25) is 11.8 Å². The van der Waals surface area contributed by atoms with E-state index in [4.69, 9.17) is 4.74 Å². The van der Waals surface area contributed by atoms with Crippen LogP contribution in [-0.4, -0.2) is 37.1 Å². The first-order valence-corrected chi connectivity index (χ1v) is 8.09. The summed E-state index contributed by atoms with van der Waals surface area (Å²) in [6, 6.07) is 9.50. The lowest BCUT2D eigenvalue weighted by Crippen LogP contribution is -2.28. The summed E-state index contributed by atoms with van der Waals surface area (Å²) in [7, 11) is 1.58. The zero-order valence-electron chi connectivity index (χ0n) is 12.9. The Morgan fingerprint density at radius 3 is 2.70 bits per heavy atom. The van der Waals surface area contributed by atoms with Crippen molar-refractivity contribution < 1.29 is 14.3 Å². The van der Waals surface area contributed by atoms with Gasteiger partial charge in [-0.2, -0.15) is 0 Å². The lowest BCUT2D eigenvalue weighted by molar-refractivity contribution is -0.120. The zero-order valence-corrected chi connectivity index (χ0v) is 13.7. The molecule has 0 unspecified atom stereocenters. The van der Waals surface area contributed by atoms with Crippen molar-refractivity contribution in [1.82, 2.24) is 10.3 Å². The third kappa shape index (κ3) is 6.17. The van der Waals surface area contributed by atoms with E-state index in [1.54, 1.807) is 12.5 Å². The maximum absolute atomic E-state index is 12.0. The number of carbonyl (C=O) groups is 2. The summed E-state index contributed by atoms with van der Waals surface area (Å²) in [6.07, 6.45) is 0.488. The number of nitrogens with zero attached hydrogens (tertiary/aromatic N) is 1. The maximum atomic E-state index is 12.0. The molecule has 2 aromatic rings. The molecule has 1 aromatic heterocycles. The lowest BCUT2D eigenvalue weighted by atomic mass is 10.1. The van der Waals surface area contributed by atoms with Crippen LogP contribution >= 0.6 is 11.3 Å². The molecule has 0 aliphatic rings. The van der Waals surface area contributed by atoms with Crippen LogP contribution in [0.25, 0.3) is 0 Å². The predicted octanol–water partition coefficient (Wildman–Crippen LogP) is 1.63. The van der Waals surface area contributed by atoms with Crippen molar-refractivity contribution in [1.29, 1.82) is 0 Å². The van der Waals surface area contributed by atoms with E-state index in [-0.39, 0.29) is 18.2 Å². The molecule has 0 aliphatic heterocycles. The minimum Gasteiger partial charge on any atom is -0.383 e. The highest BCUT2D eigenvalue weighted by Crippen LogP contribution is 2.16. The Hall–Kier alpha value is -2.25. The first-order valence-electron chi connectivity index (χ1n) is 7.21. The number of methoxy groups -OCH3 is 1. The van der Waals surface area contributed by atoms with Gasteiger partial charge in [0, 0.05) is 19.0 Å². The Kier molecular flexibility index (Phi) is 6.71. The molecule has 6 nitrogen and oxygen atoms in total. The molecule has 0 aliphatic carbocycles.